The lowest BCUT2D eigenvalue weighted by Crippen LogP contribution is -2.59. The molecule has 58 heavy (non-hydrogen) atoms. The normalized spacial score (nSPS) is 24.0. The topological polar surface area (TPSA) is 98.3 Å². The SMILES string of the molecule is CC(C)N1CC(N(C)C)C1.CC(C)OC1CN(CC(=O)OC(C)(C)C)C1.CC1C2CN(C(C)C)CC12.CCC(=O)N1CC(C(C)C)C1.COC(=O)N1CC(C(C)C)C1. The van der Waals surface area contributed by atoms with Crippen LogP contribution in [-0.4, -0.2) is 177 Å². The summed E-state index contributed by atoms with van der Waals surface area (Å²) in [5.41, 5.74) is -0.393. The first-order valence-electron chi connectivity index (χ1n) is 22.7. The van der Waals surface area contributed by atoms with Crippen LogP contribution in [0.3, 0.4) is 0 Å². The van der Waals surface area contributed by atoms with E-state index in [2.05, 4.69) is 95.8 Å². The van der Waals surface area contributed by atoms with Crippen LogP contribution in [0.1, 0.15) is 110 Å². The Balaban J connectivity index is 0.000000253. The van der Waals surface area contributed by atoms with Crippen LogP contribution in [-0.2, 0) is 23.8 Å². The van der Waals surface area contributed by atoms with Gasteiger partial charge in [-0.2, -0.15) is 0 Å². The van der Waals surface area contributed by atoms with Crippen LogP contribution in [0.25, 0.3) is 0 Å². The Morgan fingerprint density at radius 2 is 1.14 bits per heavy atom. The molecule has 5 saturated heterocycles. The molecule has 1 aliphatic carbocycles. The summed E-state index contributed by atoms with van der Waals surface area (Å²) in [6.07, 6.45) is 1.00. The molecule has 2 unspecified atom stereocenters. The number of likely N-dealkylation sites (tertiary alicyclic amines) is 5. The number of carbonyl (C=O) groups is 3. The van der Waals surface area contributed by atoms with Crippen molar-refractivity contribution >= 4 is 18.0 Å². The van der Waals surface area contributed by atoms with Crippen molar-refractivity contribution in [3.8, 4) is 0 Å². The Hall–Kier alpha value is -1.99. The highest BCUT2D eigenvalue weighted by molar-refractivity contribution is 5.76. The number of carbonyl (C=O) groups excluding carboxylic acids is 3. The summed E-state index contributed by atoms with van der Waals surface area (Å²) in [4.78, 5) is 46.6. The number of hydrogen-bond donors (Lipinski definition) is 0. The van der Waals surface area contributed by atoms with Gasteiger partial charge in [0.05, 0.1) is 25.9 Å². The van der Waals surface area contributed by atoms with Gasteiger partial charge in [-0.1, -0.05) is 41.5 Å². The molecule has 12 nitrogen and oxygen atoms in total. The van der Waals surface area contributed by atoms with E-state index in [4.69, 9.17) is 9.47 Å². The van der Waals surface area contributed by atoms with Gasteiger partial charge in [0.15, 0.2) is 0 Å². The van der Waals surface area contributed by atoms with Crippen molar-refractivity contribution in [3.05, 3.63) is 0 Å². The summed E-state index contributed by atoms with van der Waals surface area (Å²) in [6.45, 7) is 42.9. The smallest absolute Gasteiger partial charge is 0.409 e. The van der Waals surface area contributed by atoms with E-state index in [1.165, 1.54) is 33.3 Å². The molecule has 6 aliphatic rings. The number of fused-ring (bicyclic) bond motifs is 1. The average molecular weight is 823 g/mol. The number of nitrogens with zero attached hydrogens (tertiary/aromatic N) is 6. The molecule has 0 spiro atoms. The van der Waals surface area contributed by atoms with E-state index in [9.17, 15) is 14.4 Å². The Morgan fingerprint density at radius 3 is 1.50 bits per heavy atom. The molecule has 5 heterocycles. The summed E-state index contributed by atoms with van der Waals surface area (Å²) < 4.78 is 15.4. The number of esters is 1. The molecule has 2 atom stereocenters. The number of piperidine rings is 1. The first-order chi connectivity index (χ1) is 26.9. The van der Waals surface area contributed by atoms with Gasteiger partial charge in [0.1, 0.15) is 5.60 Å². The number of rotatable bonds is 10. The second-order valence-electron chi connectivity index (χ2n) is 20.5. The van der Waals surface area contributed by atoms with Crippen LogP contribution in [0.5, 0.6) is 0 Å². The number of likely N-dealkylation sites (N-methyl/N-ethyl adjacent to an activating group) is 1. The molecule has 6 fully saturated rings. The molecule has 6 rings (SSSR count). The van der Waals surface area contributed by atoms with E-state index in [1.54, 1.807) is 4.90 Å². The molecular formula is C46H90N6O6. The molecule has 0 aromatic carbocycles. The number of ether oxygens (including phenoxy) is 3. The lowest BCUT2D eigenvalue weighted by Gasteiger charge is -2.45. The molecule has 0 aromatic heterocycles. The largest absolute Gasteiger partial charge is 0.459 e. The number of hydrogen-bond acceptors (Lipinski definition) is 10. The van der Waals surface area contributed by atoms with Gasteiger partial charge < -0.3 is 33.8 Å². The second kappa shape index (κ2) is 23.9. The van der Waals surface area contributed by atoms with Crippen LogP contribution >= 0.6 is 0 Å². The molecule has 340 valence electrons. The minimum absolute atomic E-state index is 0.157. The zero-order chi connectivity index (χ0) is 44.2. The molecule has 2 amide bonds. The van der Waals surface area contributed by atoms with Crippen LogP contribution in [0, 0.1) is 41.4 Å². The highest BCUT2D eigenvalue weighted by Crippen LogP contribution is 2.51. The number of amides is 2. The van der Waals surface area contributed by atoms with Gasteiger partial charge in [0, 0.05) is 90.0 Å². The Labute approximate surface area is 356 Å². The second-order valence-corrected chi connectivity index (χ2v) is 20.5. The van der Waals surface area contributed by atoms with Crippen molar-refractivity contribution in [1.82, 2.24) is 29.4 Å². The van der Waals surface area contributed by atoms with Gasteiger partial charge in [-0.05, 0) is 118 Å². The average Bonchev–Trinajstić information content (AvgIpc) is 3.38. The quantitative estimate of drug-likeness (QED) is 0.227. The minimum Gasteiger partial charge on any atom is -0.459 e. The maximum absolute atomic E-state index is 11.5. The molecular weight excluding hydrogens is 733 g/mol. The first-order valence-corrected chi connectivity index (χ1v) is 22.7. The van der Waals surface area contributed by atoms with Crippen molar-refractivity contribution in [3.63, 3.8) is 0 Å². The van der Waals surface area contributed by atoms with E-state index >= 15 is 0 Å². The van der Waals surface area contributed by atoms with Gasteiger partial charge >= 0.3 is 12.1 Å². The molecule has 1 saturated carbocycles. The fourth-order valence-electron chi connectivity index (χ4n) is 7.77. The Morgan fingerprint density at radius 1 is 0.690 bits per heavy atom. The van der Waals surface area contributed by atoms with Gasteiger partial charge in [0.2, 0.25) is 5.91 Å². The monoisotopic (exact) mass is 823 g/mol. The van der Waals surface area contributed by atoms with Crippen molar-refractivity contribution in [2.75, 3.05) is 93.2 Å². The predicted molar refractivity (Wildman–Crippen MR) is 237 cm³/mol. The van der Waals surface area contributed by atoms with Gasteiger partial charge in [-0.25, -0.2) is 4.79 Å². The highest BCUT2D eigenvalue weighted by Gasteiger charge is 2.52. The fraction of sp³-hybridized carbons (Fsp3) is 0.935. The third-order valence-electron chi connectivity index (χ3n) is 12.7. The lowest BCUT2D eigenvalue weighted by atomic mass is 9.88. The van der Waals surface area contributed by atoms with Crippen LogP contribution in [0.4, 0.5) is 4.79 Å². The summed E-state index contributed by atoms with van der Waals surface area (Å²) in [5, 5.41) is 0. The Kier molecular flexibility index (Phi) is 21.5. The van der Waals surface area contributed by atoms with Gasteiger partial charge in [0.25, 0.3) is 0 Å². The summed E-state index contributed by atoms with van der Waals surface area (Å²) in [6, 6.07) is 2.32. The maximum atomic E-state index is 11.5. The molecule has 0 N–H and O–H groups in total. The van der Waals surface area contributed by atoms with E-state index in [0.717, 1.165) is 87.0 Å². The van der Waals surface area contributed by atoms with Crippen molar-refractivity contribution in [2.45, 2.75) is 146 Å². The zero-order valence-electron chi connectivity index (χ0n) is 40.5. The Bertz CT molecular complexity index is 1150. The van der Waals surface area contributed by atoms with Crippen LogP contribution in [0.15, 0.2) is 0 Å². The van der Waals surface area contributed by atoms with Crippen LogP contribution < -0.4 is 0 Å². The first kappa shape index (κ1) is 52.1. The van der Waals surface area contributed by atoms with Crippen molar-refractivity contribution in [2.24, 2.45) is 41.4 Å². The maximum Gasteiger partial charge on any atom is 0.409 e. The summed E-state index contributed by atoms with van der Waals surface area (Å²) in [5.74, 6) is 6.18. The lowest BCUT2D eigenvalue weighted by molar-refractivity contribution is -0.160. The molecule has 0 bridgehead atoms. The van der Waals surface area contributed by atoms with Crippen LogP contribution in [0.2, 0.25) is 0 Å². The summed E-state index contributed by atoms with van der Waals surface area (Å²) in [7, 11) is 5.73. The molecule has 12 heteroatoms. The molecule has 5 aliphatic heterocycles. The molecule has 0 radical (unpaired) electrons. The van der Waals surface area contributed by atoms with Crippen molar-refractivity contribution < 1.29 is 28.6 Å². The third kappa shape index (κ3) is 17.5. The van der Waals surface area contributed by atoms with E-state index in [-0.39, 0.29) is 24.3 Å². The van der Waals surface area contributed by atoms with Crippen molar-refractivity contribution in [1.29, 1.82) is 0 Å². The fourth-order valence-corrected chi connectivity index (χ4v) is 7.77. The van der Waals surface area contributed by atoms with E-state index in [1.807, 2.05) is 51.3 Å². The highest BCUT2D eigenvalue weighted by atomic mass is 16.6. The summed E-state index contributed by atoms with van der Waals surface area (Å²) >= 11 is 0. The van der Waals surface area contributed by atoms with Gasteiger partial charge in [-0.15, -0.1) is 0 Å². The minimum atomic E-state index is -0.393. The third-order valence-corrected chi connectivity index (χ3v) is 12.7. The van der Waals surface area contributed by atoms with E-state index < -0.39 is 5.60 Å². The van der Waals surface area contributed by atoms with Gasteiger partial charge in [-0.3, -0.25) is 19.4 Å². The number of methoxy groups -OCH3 is 1. The zero-order valence-corrected chi connectivity index (χ0v) is 40.5. The predicted octanol–water partition coefficient (Wildman–Crippen LogP) is 6.52. The standard InChI is InChI=1S/C12H23NO3.C9H17NO.C9H17N.C8H18N2.C8H15NO2/c1-9(2)15-10-6-13(7-10)8-11(14)16-12(3,4)5;1-4-9(11)10-5-8(6-10)7(2)3;1-6(2)10-4-8-7(3)9(8)5-10;1-7(2)10-5-8(6-10)9(3)4;1-6(2)7-4-9(5-7)8(10)11-3/h9-10H,6-8H2,1-5H3;7-8H,4-6H2,1-3H3;6-9H,4-5H2,1-3H3;7-8H,5-6H2,1-4H3;6-7H,4-5H2,1-3H3. The molecule has 0 aromatic rings. The van der Waals surface area contributed by atoms with E-state index in [0.29, 0.717) is 30.7 Å².